The third-order valence-electron chi connectivity index (χ3n) is 3.50. The molecule has 1 rings (SSSR count). The van der Waals surface area contributed by atoms with E-state index in [1.807, 2.05) is 0 Å². The minimum Gasteiger partial charge on any atom is -0.312 e. The first-order chi connectivity index (χ1) is 9.52. The van der Waals surface area contributed by atoms with Gasteiger partial charge in [-0.25, -0.2) is 0 Å². The van der Waals surface area contributed by atoms with Crippen LogP contribution in [0.25, 0.3) is 0 Å². The smallest absolute Gasteiger partial charge is 0.0409 e. The lowest BCUT2D eigenvalue weighted by Gasteiger charge is -2.17. The quantitative estimate of drug-likeness (QED) is 0.648. The van der Waals surface area contributed by atoms with Crippen LogP contribution in [0.3, 0.4) is 0 Å². The molecule has 0 saturated carbocycles. The SMILES string of the molecule is CNC(CSCCC(C)C)c1ccc(CC(C)C)cc1. The normalized spacial score (nSPS) is 13.2. The summed E-state index contributed by atoms with van der Waals surface area (Å²) in [6.07, 6.45) is 2.49. The van der Waals surface area contributed by atoms with Gasteiger partial charge in [-0.1, -0.05) is 52.0 Å². The molecule has 0 saturated heterocycles. The molecule has 2 heteroatoms. The predicted octanol–water partition coefficient (Wildman–Crippen LogP) is 4.92. The van der Waals surface area contributed by atoms with Crippen molar-refractivity contribution in [2.24, 2.45) is 11.8 Å². The van der Waals surface area contributed by atoms with Gasteiger partial charge in [-0.15, -0.1) is 0 Å². The van der Waals surface area contributed by atoms with E-state index >= 15 is 0 Å². The Morgan fingerprint density at radius 1 is 1.00 bits per heavy atom. The summed E-state index contributed by atoms with van der Waals surface area (Å²) in [5.41, 5.74) is 2.86. The molecule has 0 aliphatic rings. The molecular formula is C18H31NS. The molecule has 0 amide bonds. The van der Waals surface area contributed by atoms with Crippen LogP contribution < -0.4 is 5.32 Å². The van der Waals surface area contributed by atoms with Gasteiger partial charge in [0.05, 0.1) is 0 Å². The van der Waals surface area contributed by atoms with Crippen molar-refractivity contribution in [3.8, 4) is 0 Å². The summed E-state index contributed by atoms with van der Waals surface area (Å²) in [5, 5.41) is 3.45. The maximum Gasteiger partial charge on any atom is 0.0409 e. The van der Waals surface area contributed by atoms with Gasteiger partial charge in [0.2, 0.25) is 0 Å². The van der Waals surface area contributed by atoms with Crippen molar-refractivity contribution < 1.29 is 0 Å². The molecule has 0 aliphatic carbocycles. The molecule has 0 radical (unpaired) electrons. The third kappa shape index (κ3) is 6.81. The molecule has 0 spiro atoms. The van der Waals surface area contributed by atoms with Crippen LogP contribution in [0.2, 0.25) is 0 Å². The van der Waals surface area contributed by atoms with E-state index in [4.69, 9.17) is 0 Å². The molecule has 0 aliphatic heterocycles. The Morgan fingerprint density at radius 3 is 2.15 bits per heavy atom. The molecule has 1 unspecified atom stereocenters. The van der Waals surface area contributed by atoms with Crippen molar-refractivity contribution in [3.63, 3.8) is 0 Å². The summed E-state index contributed by atoms with van der Waals surface area (Å²) in [6, 6.07) is 9.64. The van der Waals surface area contributed by atoms with Gasteiger partial charge >= 0.3 is 0 Å². The van der Waals surface area contributed by atoms with Gasteiger partial charge in [-0.05, 0) is 48.6 Å². The molecule has 0 heterocycles. The van der Waals surface area contributed by atoms with Crippen LogP contribution >= 0.6 is 11.8 Å². The Hall–Kier alpha value is -0.470. The van der Waals surface area contributed by atoms with Crippen LogP contribution in [0.1, 0.15) is 51.3 Å². The molecule has 1 N–H and O–H groups in total. The van der Waals surface area contributed by atoms with Crippen LogP contribution in [-0.4, -0.2) is 18.6 Å². The Labute approximate surface area is 129 Å². The molecule has 1 atom stereocenters. The molecular weight excluding hydrogens is 262 g/mol. The number of benzene rings is 1. The van der Waals surface area contributed by atoms with Gasteiger partial charge in [0.25, 0.3) is 0 Å². The molecule has 20 heavy (non-hydrogen) atoms. The fourth-order valence-electron chi connectivity index (χ4n) is 2.22. The average molecular weight is 294 g/mol. The van der Waals surface area contributed by atoms with E-state index in [1.165, 1.54) is 29.7 Å². The predicted molar refractivity (Wildman–Crippen MR) is 93.6 cm³/mol. The summed E-state index contributed by atoms with van der Waals surface area (Å²) >= 11 is 2.06. The summed E-state index contributed by atoms with van der Waals surface area (Å²) in [5.74, 6) is 3.96. The van der Waals surface area contributed by atoms with E-state index in [2.05, 4.69) is 76.1 Å². The lowest BCUT2D eigenvalue weighted by molar-refractivity contribution is 0.628. The van der Waals surface area contributed by atoms with Crippen molar-refractivity contribution in [3.05, 3.63) is 35.4 Å². The standard InChI is InChI=1S/C18H31NS/c1-14(2)10-11-20-13-18(19-5)17-8-6-16(7-9-17)12-15(3)4/h6-9,14-15,18-19H,10-13H2,1-5H3. The molecule has 1 nitrogen and oxygen atoms in total. The highest BCUT2D eigenvalue weighted by Gasteiger charge is 2.09. The zero-order valence-electron chi connectivity index (χ0n) is 13.8. The highest BCUT2D eigenvalue weighted by molar-refractivity contribution is 7.99. The lowest BCUT2D eigenvalue weighted by atomic mass is 10.00. The first-order valence-corrected chi connectivity index (χ1v) is 9.02. The van der Waals surface area contributed by atoms with E-state index in [-0.39, 0.29) is 0 Å². The molecule has 0 fully saturated rings. The Balaban J connectivity index is 2.48. The van der Waals surface area contributed by atoms with Crippen molar-refractivity contribution in [1.82, 2.24) is 5.32 Å². The van der Waals surface area contributed by atoms with Gasteiger partial charge < -0.3 is 5.32 Å². The van der Waals surface area contributed by atoms with Gasteiger partial charge in [0, 0.05) is 11.8 Å². The average Bonchev–Trinajstić information content (AvgIpc) is 2.39. The fourth-order valence-corrected chi connectivity index (χ4v) is 3.62. The van der Waals surface area contributed by atoms with Gasteiger partial charge in [-0.3, -0.25) is 0 Å². The second kappa shape index (κ2) is 9.46. The first kappa shape index (κ1) is 17.6. The van der Waals surface area contributed by atoms with Gasteiger partial charge in [0.15, 0.2) is 0 Å². The maximum absolute atomic E-state index is 3.45. The van der Waals surface area contributed by atoms with Crippen molar-refractivity contribution >= 4 is 11.8 Å². The van der Waals surface area contributed by atoms with E-state index in [1.54, 1.807) is 0 Å². The van der Waals surface area contributed by atoms with E-state index < -0.39 is 0 Å². The van der Waals surface area contributed by atoms with E-state index in [0.29, 0.717) is 6.04 Å². The van der Waals surface area contributed by atoms with E-state index in [9.17, 15) is 0 Å². The van der Waals surface area contributed by atoms with Crippen LogP contribution in [-0.2, 0) is 6.42 Å². The van der Waals surface area contributed by atoms with Crippen LogP contribution in [0, 0.1) is 11.8 Å². The minimum atomic E-state index is 0.472. The molecule has 0 aromatic heterocycles. The largest absolute Gasteiger partial charge is 0.312 e. The molecule has 0 bridgehead atoms. The fraction of sp³-hybridized carbons (Fsp3) is 0.667. The summed E-state index contributed by atoms with van der Waals surface area (Å²) in [4.78, 5) is 0. The Kier molecular flexibility index (Phi) is 8.32. The first-order valence-electron chi connectivity index (χ1n) is 7.86. The zero-order valence-corrected chi connectivity index (χ0v) is 14.6. The van der Waals surface area contributed by atoms with Crippen LogP contribution in [0.5, 0.6) is 0 Å². The van der Waals surface area contributed by atoms with Crippen LogP contribution in [0.15, 0.2) is 24.3 Å². The van der Waals surface area contributed by atoms with Gasteiger partial charge in [0.1, 0.15) is 0 Å². The highest BCUT2D eigenvalue weighted by atomic mass is 32.2. The number of hydrogen-bond acceptors (Lipinski definition) is 2. The number of thioether (sulfide) groups is 1. The van der Waals surface area contributed by atoms with Gasteiger partial charge in [-0.2, -0.15) is 11.8 Å². The monoisotopic (exact) mass is 293 g/mol. The summed E-state index contributed by atoms with van der Waals surface area (Å²) < 4.78 is 0. The summed E-state index contributed by atoms with van der Waals surface area (Å²) in [6.45, 7) is 9.14. The summed E-state index contributed by atoms with van der Waals surface area (Å²) in [7, 11) is 2.07. The maximum atomic E-state index is 3.45. The third-order valence-corrected chi connectivity index (χ3v) is 4.59. The molecule has 1 aromatic rings. The van der Waals surface area contributed by atoms with Crippen LogP contribution in [0.4, 0.5) is 0 Å². The highest BCUT2D eigenvalue weighted by Crippen LogP contribution is 2.21. The number of hydrogen-bond donors (Lipinski definition) is 1. The molecule has 1 aromatic carbocycles. The number of rotatable bonds is 9. The molecule has 114 valence electrons. The van der Waals surface area contributed by atoms with Crippen molar-refractivity contribution in [2.75, 3.05) is 18.6 Å². The minimum absolute atomic E-state index is 0.472. The zero-order chi connectivity index (χ0) is 15.0. The van der Waals surface area contributed by atoms with Crippen molar-refractivity contribution in [1.29, 1.82) is 0 Å². The number of nitrogens with one attached hydrogen (secondary N) is 1. The second-order valence-electron chi connectivity index (χ2n) is 6.44. The van der Waals surface area contributed by atoms with E-state index in [0.717, 1.165) is 17.6 Å². The Bertz CT molecular complexity index is 356. The second-order valence-corrected chi connectivity index (χ2v) is 7.59. The topological polar surface area (TPSA) is 12.0 Å². The lowest BCUT2D eigenvalue weighted by Crippen LogP contribution is -2.19. The Morgan fingerprint density at radius 2 is 1.65 bits per heavy atom. The van der Waals surface area contributed by atoms with Crippen molar-refractivity contribution in [2.45, 2.75) is 46.6 Å².